The van der Waals surface area contributed by atoms with Crippen LogP contribution >= 0.6 is 0 Å². The standard InChI is InChI=1S/C18H23N3O3/c1-3-11-21-17(23)10-9-15(20-21)18(24)19-16(12-22)14-7-5-13(4-2)6-8-14/h5-10,16,22H,3-4,11-12H2,1-2H3,(H,19,24). The van der Waals surface area contributed by atoms with Gasteiger partial charge in [-0.1, -0.05) is 38.1 Å². The average Bonchev–Trinajstić information content (AvgIpc) is 2.61. The van der Waals surface area contributed by atoms with E-state index in [4.69, 9.17) is 0 Å². The molecule has 6 heteroatoms. The van der Waals surface area contributed by atoms with Crippen LogP contribution in [-0.2, 0) is 13.0 Å². The molecule has 1 amide bonds. The number of amides is 1. The lowest BCUT2D eigenvalue weighted by molar-refractivity contribution is 0.0908. The van der Waals surface area contributed by atoms with Crippen LogP contribution in [0, 0.1) is 0 Å². The van der Waals surface area contributed by atoms with Crippen molar-refractivity contribution in [1.82, 2.24) is 15.1 Å². The Bertz CT molecular complexity index is 738. The molecule has 128 valence electrons. The highest BCUT2D eigenvalue weighted by atomic mass is 16.3. The molecule has 0 aliphatic rings. The van der Waals surface area contributed by atoms with Gasteiger partial charge in [-0.15, -0.1) is 0 Å². The van der Waals surface area contributed by atoms with Crippen LogP contribution in [0.15, 0.2) is 41.2 Å². The van der Waals surface area contributed by atoms with Gasteiger partial charge in [-0.05, 0) is 30.0 Å². The molecular weight excluding hydrogens is 306 g/mol. The quantitative estimate of drug-likeness (QED) is 0.809. The van der Waals surface area contributed by atoms with E-state index in [2.05, 4.69) is 17.3 Å². The smallest absolute Gasteiger partial charge is 0.272 e. The third-order valence-electron chi connectivity index (χ3n) is 3.81. The highest BCUT2D eigenvalue weighted by molar-refractivity contribution is 5.92. The molecule has 1 atom stereocenters. The molecule has 1 aromatic heterocycles. The van der Waals surface area contributed by atoms with Crippen LogP contribution in [0.4, 0.5) is 0 Å². The summed E-state index contributed by atoms with van der Waals surface area (Å²) < 4.78 is 1.28. The van der Waals surface area contributed by atoms with E-state index in [0.717, 1.165) is 18.4 Å². The normalized spacial score (nSPS) is 12.0. The highest BCUT2D eigenvalue weighted by Gasteiger charge is 2.16. The van der Waals surface area contributed by atoms with Crippen LogP contribution in [0.3, 0.4) is 0 Å². The number of aromatic nitrogens is 2. The van der Waals surface area contributed by atoms with E-state index in [9.17, 15) is 14.7 Å². The van der Waals surface area contributed by atoms with Crippen LogP contribution in [-0.4, -0.2) is 27.4 Å². The van der Waals surface area contributed by atoms with Crippen LogP contribution in [0.25, 0.3) is 0 Å². The van der Waals surface area contributed by atoms with Crippen molar-refractivity contribution in [3.63, 3.8) is 0 Å². The van der Waals surface area contributed by atoms with E-state index in [1.165, 1.54) is 22.4 Å². The van der Waals surface area contributed by atoms with E-state index in [1.807, 2.05) is 31.2 Å². The number of aliphatic hydroxyl groups is 1. The largest absolute Gasteiger partial charge is 0.394 e. The molecule has 0 bridgehead atoms. The first-order valence-corrected chi connectivity index (χ1v) is 8.17. The van der Waals surface area contributed by atoms with Crippen LogP contribution in [0.5, 0.6) is 0 Å². The third-order valence-corrected chi connectivity index (χ3v) is 3.81. The second kappa shape index (κ2) is 8.40. The molecule has 1 aromatic carbocycles. The topological polar surface area (TPSA) is 84.2 Å². The van der Waals surface area contributed by atoms with Gasteiger partial charge in [0.2, 0.25) is 0 Å². The van der Waals surface area contributed by atoms with Gasteiger partial charge in [0.1, 0.15) is 5.69 Å². The fourth-order valence-corrected chi connectivity index (χ4v) is 2.39. The summed E-state index contributed by atoms with van der Waals surface area (Å²) in [6, 6.07) is 9.96. The van der Waals surface area contributed by atoms with Crippen molar-refractivity contribution in [3.05, 3.63) is 63.6 Å². The molecule has 0 spiro atoms. The van der Waals surface area contributed by atoms with Gasteiger partial charge in [0.25, 0.3) is 11.5 Å². The first-order valence-electron chi connectivity index (χ1n) is 8.17. The molecule has 0 saturated carbocycles. The maximum absolute atomic E-state index is 12.4. The first kappa shape index (κ1) is 17.9. The molecule has 0 saturated heterocycles. The van der Waals surface area contributed by atoms with Gasteiger partial charge < -0.3 is 10.4 Å². The number of carbonyl (C=O) groups is 1. The minimum absolute atomic E-state index is 0.159. The van der Waals surface area contributed by atoms with E-state index in [-0.39, 0.29) is 17.9 Å². The van der Waals surface area contributed by atoms with Gasteiger partial charge in [-0.25, -0.2) is 4.68 Å². The van der Waals surface area contributed by atoms with Crippen molar-refractivity contribution in [1.29, 1.82) is 0 Å². The number of aliphatic hydroxyl groups excluding tert-OH is 1. The molecular formula is C18H23N3O3. The Hall–Kier alpha value is -2.47. The molecule has 2 rings (SSSR count). The Balaban J connectivity index is 2.16. The summed E-state index contributed by atoms with van der Waals surface area (Å²) >= 11 is 0. The Labute approximate surface area is 141 Å². The number of rotatable bonds is 7. The second-order valence-electron chi connectivity index (χ2n) is 5.58. The number of nitrogens with zero attached hydrogens (tertiary/aromatic N) is 2. The summed E-state index contributed by atoms with van der Waals surface area (Å²) in [5.41, 5.74) is 1.94. The average molecular weight is 329 g/mol. The lowest BCUT2D eigenvalue weighted by Gasteiger charge is -2.17. The Kier molecular flexibility index (Phi) is 6.26. The molecule has 1 heterocycles. The van der Waals surface area contributed by atoms with Crippen molar-refractivity contribution in [2.45, 2.75) is 39.3 Å². The summed E-state index contributed by atoms with van der Waals surface area (Å²) in [4.78, 5) is 24.1. The van der Waals surface area contributed by atoms with E-state index in [1.54, 1.807) is 0 Å². The predicted octanol–water partition coefficient (Wildman–Crippen LogP) is 1.68. The predicted molar refractivity (Wildman–Crippen MR) is 91.9 cm³/mol. The number of carbonyl (C=O) groups excluding carboxylic acids is 1. The van der Waals surface area contributed by atoms with Gasteiger partial charge in [0.05, 0.1) is 12.6 Å². The van der Waals surface area contributed by atoms with E-state index >= 15 is 0 Å². The molecule has 0 aliphatic carbocycles. The summed E-state index contributed by atoms with van der Waals surface area (Å²) in [6.07, 6.45) is 1.68. The van der Waals surface area contributed by atoms with Crippen molar-refractivity contribution >= 4 is 5.91 Å². The van der Waals surface area contributed by atoms with Crippen molar-refractivity contribution in [2.75, 3.05) is 6.61 Å². The SMILES string of the molecule is CCCn1nc(C(=O)NC(CO)c2ccc(CC)cc2)ccc1=O. The molecule has 6 nitrogen and oxygen atoms in total. The minimum Gasteiger partial charge on any atom is -0.394 e. The minimum atomic E-state index is -0.517. The van der Waals surface area contributed by atoms with Gasteiger partial charge in [-0.2, -0.15) is 5.10 Å². The number of hydrogen-bond donors (Lipinski definition) is 2. The fourth-order valence-electron chi connectivity index (χ4n) is 2.39. The third kappa shape index (κ3) is 4.29. The molecule has 2 N–H and O–H groups in total. The number of benzene rings is 1. The molecule has 24 heavy (non-hydrogen) atoms. The van der Waals surface area contributed by atoms with Crippen LogP contribution in [0.1, 0.15) is 47.9 Å². The summed E-state index contributed by atoms with van der Waals surface area (Å²) in [7, 11) is 0. The van der Waals surface area contributed by atoms with Gasteiger partial charge >= 0.3 is 0 Å². The Morgan fingerprint density at radius 2 is 1.92 bits per heavy atom. The second-order valence-corrected chi connectivity index (χ2v) is 5.58. The first-order chi connectivity index (χ1) is 11.6. The molecule has 0 fully saturated rings. The zero-order valence-corrected chi connectivity index (χ0v) is 14.0. The molecule has 0 aliphatic heterocycles. The Morgan fingerprint density at radius 1 is 1.21 bits per heavy atom. The van der Waals surface area contributed by atoms with Crippen LogP contribution < -0.4 is 10.9 Å². The zero-order chi connectivity index (χ0) is 17.5. The summed E-state index contributed by atoms with van der Waals surface area (Å²) in [5.74, 6) is -0.418. The summed E-state index contributed by atoms with van der Waals surface area (Å²) in [6.45, 7) is 4.24. The number of aryl methyl sites for hydroxylation is 2. The summed E-state index contributed by atoms with van der Waals surface area (Å²) in [5, 5.41) is 16.4. The maximum atomic E-state index is 12.4. The highest BCUT2D eigenvalue weighted by Crippen LogP contribution is 2.14. The Morgan fingerprint density at radius 3 is 2.50 bits per heavy atom. The number of hydrogen-bond acceptors (Lipinski definition) is 4. The molecule has 2 aromatic rings. The molecule has 0 radical (unpaired) electrons. The lowest BCUT2D eigenvalue weighted by atomic mass is 10.0. The number of nitrogens with one attached hydrogen (secondary N) is 1. The van der Waals surface area contributed by atoms with E-state index in [0.29, 0.717) is 6.54 Å². The van der Waals surface area contributed by atoms with Gasteiger partial charge in [-0.3, -0.25) is 9.59 Å². The van der Waals surface area contributed by atoms with Crippen molar-refractivity contribution < 1.29 is 9.90 Å². The van der Waals surface area contributed by atoms with Crippen molar-refractivity contribution in [3.8, 4) is 0 Å². The van der Waals surface area contributed by atoms with Gasteiger partial charge in [0.15, 0.2) is 0 Å². The maximum Gasteiger partial charge on any atom is 0.272 e. The van der Waals surface area contributed by atoms with Crippen molar-refractivity contribution in [2.24, 2.45) is 0 Å². The fraction of sp³-hybridized carbons (Fsp3) is 0.389. The molecule has 1 unspecified atom stereocenters. The van der Waals surface area contributed by atoms with E-state index < -0.39 is 11.9 Å². The van der Waals surface area contributed by atoms with Crippen LogP contribution in [0.2, 0.25) is 0 Å². The zero-order valence-electron chi connectivity index (χ0n) is 14.0. The lowest BCUT2D eigenvalue weighted by Crippen LogP contribution is -2.33. The van der Waals surface area contributed by atoms with Gasteiger partial charge in [0, 0.05) is 12.6 Å². The monoisotopic (exact) mass is 329 g/mol.